The summed E-state index contributed by atoms with van der Waals surface area (Å²) < 4.78 is 16.4. The number of esters is 1. The minimum absolute atomic E-state index is 0.146. The molecule has 3 aliphatic heterocycles. The van der Waals surface area contributed by atoms with Crippen molar-refractivity contribution in [2.75, 3.05) is 30.5 Å². The molecule has 2 bridgehead atoms. The molecule has 0 aromatic heterocycles. The number of carbonyl (C=O) groups excluding carboxylic acids is 3. The fraction of sp³-hybridized carbons (Fsp3) is 0.320. The van der Waals surface area contributed by atoms with Crippen LogP contribution in [-0.2, 0) is 19.1 Å². The Morgan fingerprint density at radius 1 is 1.21 bits per heavy atom. The number of amides is 2. The Balaban J connectivity index is 1.37. The Morgan fingerprint density at radius 3 is 2.73 bits per heavy atom. The summed E-state index contributed by atoms with van der Waals surface area (Å²) >= 11 is 0. The number of hydrogen-bond donors (Lipinski definition) is 1. The monoisotopic (exact) mass is 448 g/mol. The van der Waals surface area contributed by atoms with Crippen molar-refractivity contribution >= 4 is 29.2 Å². The zero-order valence-electron chi connectivity index (χ0n) is 18.3. The molecule has 2 fully saturated rings. The second-order valence-corrected chi connectivity index (χ2v) is 8.31. The van der Waals surface area contributed by atoms with Crippen LogP contribution in [0.5, 0.6) is 5.75 Å². The predicted octanol–water partition coefficient (Wildman–Crippen LogP) is 2.80. The summed E-state index contributed by atoms with van der Waals surface area (Å²) in [7, 11) is 1.59. The van der Waals surface area contributed by atoms with E-state index in [2.05, 4.69) is 5.32 Å². The Kier molecular flexibility index (Phi) is 5.17. The van der Waals surface area contributed by atoms with Gasteiger partial charge in [0.05, 0.1) is 43.8 Å². The molecule has 4 atom stereocenters. The van der Waals surface area contributed by atoms with E-state index in [-0.39, 0.29) is 18.4 Å². The van der Waals surface area contributed by atoms with Crippen LogP contribution in [0.4, 0.5) is 11.4 Å². The summed E-state index contributed by atoms with van der Waals surface area (Å²) in [4.78, 5) is 40.4. The molecule has 0 radical (unpaired) electrons. The number of ether oxygens (including phenoxy) is 3. The molecule has 2 aromatic carbocycles. The minimum Gasteiger partial charge on any atom is -0.497 e. The first-order valence-corrected chi connectivity index (χ1v) is 10.9. The molecule has 5 rings (SSSR count). The third-order valence-corrected chi connectivity index (χ3v) is 6.43. The fourth-order valence-electron chi connectivity index (χ4n) is 4.94. The molecule has 33 heavy (non-hydrogen) atoms. The third kappa shape index (κ3) is 3.47. The zero-order chi connectivity index (χ0) is 23.2. The van der Waals surface area contributed by atoms with Gasteiger partial charge < -0.3 is 24.4 Å². The molecule has 8 heteroatoms. The number of methoxy groups -OCH3 is 1. The van der Waals surface area contributed by atoms with Gasteiger partial charge in [0.2, 0.25) is 11.8 Å². The number of anilines is 2. The summed E-state index contributed by atoms with van der Waals surface area (Å²) in [5, 5.41) is 2.86. The normalized spacial score (nSPS) is 26.9. The zero-order valence-corrected chi connectivity index (χ0v) is 18.3. The van der Waals surface area contributed by atoms with E-state index in [1.807, 2.05) is 24.3 Å². The Hall–Kier alpha value is -3.65. The van der Waals surface area contributed by atoms with Crippen molar-refractivity contribution in [1.29, 1.82) is 0 Å². The predicted molar refractivity (Wildman–Crippen MR) is 120 cm³/mol. The molecule has 3 heterocycles. The Bertz CT molecular complexity index is 1140. The van der Waals surface area contributed by atoms with E-state index < -0.39 is 29.5 Å². The highest BCUT2D eigenvalue weighted by atomic mass is 16.5. The molecule has 2 saturated heterocycles. The molecule has 3 aliphatic rings. The summed E-state index contributed by atoms with van der Waals surface area (Å²) in [6.45, 7) is 2.34. The first-order chi connectivity index (χ1) is 16.0. The van der Waals surface area contributed by atoms with Gasteiger partial charge in [0, 0.05) is 11.4 Å². The highest BCUT2D eigenvalue weighted by molar-refractivity contribution is 6.05. The lowest BCUT2D eigenvalue weighted by molar-refractivity contribution is -0.128. The maximum absolute atomic E-state index is 13.4. The van der Waals surface area contributed by atoms with Crippen LogP contribution in [0.2, 0.25) is 0 Å². The van der Waals surface area contributed by atoms with Crippen LogP contribution in [0.25, 0.3) is 0 Å². The van der Waals surface area contributed by atoms with Crippen molar-refractivity contribution in [3.05, 3.63) is 66.2 Å². The Morgan fingerprint density at radius 2 is 2.00 bits per heavy atom. The smallest absolute Gasteiger partial charge is 0.338 e. The van der Waals surface area contributed by atoms with Crippen LogP contribution >= 0.6 is 0 Å². The van der Waals surface area contributed by atoms with Gasteiger partial charge in [-0.1, -0.05) is 18.2 Å². The molecule has 1 unspecified atom stereocenters. The van der Waals surface area contributed by atoms with Gasteiger partial charge in [-0.05, 0) is 49.4 Å². The van der Waals surface area contributed by atoms with Crippen LogP contribution in [0.3, 0.4) is 0 Å². The number of hydrogen-bond acceptors (Lipinski definition) is 6. The maximum atomic E-state index is 13.4. The standard InChI is InChI=1S/C25H24N2O6/c1-3-32-24(30)15-5-4-6-16(13-15)26-22(28)20-19-11-12-25(33-19)14-27(23(29)21(20)25)17-7-9-18(31-2)10-8-17/h4-13,19-21H,3,14H2,1-2H3,(H,26,28)/t19-,20?,21+,25-/m1/s1. The van der Waals surface area contributed by atoms with Gasteiger partial charge in [0.25, 0.3) is 0 Å². The molecular formula is C25H24N2O6. The summed E-state index contributed by atoms with van der Waals surface area (Å²) in [5.74, 6) is -1.52. The number of nitrogens with one attached hydrogen (secondary N) is 1. The van der Waals surface area contributed by atoms with E-state index in [0.29, 0.717) is 23.5 Å². The largest absolute Gasteiger partial charge is 0.497 e. The van der Waals surface area contributed by atoms with Crippen LogP contribution in [0.1, 0.15) is 17.3 Å². The highest BCUT2D eigenvalue weighted by Gasteiger charge is 2.67. The van der Waals surface area contributed by atoms with Crippen molar-refractivity contribution in [2.45, 2.75) is 18.6 Å². The summed E-state index contributed by atoms with van der Waals surface area (Å²) in [6, 6.07) is 13.8. The molecule has 0 aliphatic carbocycles. The number of carbonyl (C=O) groups is 3. The van der Waals surface area contributed by atoms with Crippen molar-refractivity contribution in [2.24, 2.45) is 11.8 Å². The second-order valence-electron chi connectivity index (χ2n) is 8.31. The van der Waals surface area contributed by atoms with Gasteiger partial charge in [0.1, 0.15) is 11.4 Å². The third-order valence-electron chi connectivity index (χ3n) is 6.43. The van der Waals surface area contributed by atoms with Crippen LogP contribution in [-0.4, -0.2) is 49.8 Å². The molecule has 1 N–H and O–H groups in total. The SMILES string of the molecule is CCOC(=O)c1cccc(NC(=O)C2[C@H]3C(=O)N(c4ccc(OC)cc4)C[C@]34C=C[C@H]2O4)c1. The quantitative estimate of drug-likeness (QED) is 0.540. The van der Waals surface area contributed by atoms with Crippen molar-refractivity contribution < 1.29 is 28.6 Å². The van der Waals surface area contributed by atoms with E-state index in [1.165, 1.54) is 0 Å². The average Bonchev–Trinajstić information content (AvgIpc) is 3.47. The molecule has 170 valence electrons. The van der Waals surface area contributed by atoms with Crippen LogP contribution in [0.15, 0.2) is 60.7 Å². The van der Waals surface area contributed by atoms with E-state index in [0.717, 1.165) is 5.69 Å². The molecule has 2 amide bonds. The maximum Gasteiger partial charge on any atom is 0.338 e. The lowest BCUT2D eigenvalue weighted by atomic mass is 9.76. The lowest BCUT2D eigenvalue weighted by Gasteiger charge is -2.23. The van der Waals surface area contributed by atoms with Gasteiger partial charge in [0.15, 0.2) is 0 Å². The van der Waals surface area contributed by atoms with Crippen molar-refractivity contribution in [3.63, 3.8) is 0 Å². The lowest BCUT2D eigenvalue weighted by Crippen LogP contribution is -2.41. The fourth-order valence-corrected chi connectivity index (χ4v) is 4.94. The summed E-state index contributed by atoms with van der Waals surface area (Å²) in [5.41, 5.74) is 0.712. The minimum atomic E-state index is -0.823. The number of benzene rings is 2. The second kappa shape index (κ2) is 8.04. The molecule has 2 aromatic rings. The Labute approximate surface area is 191 Å². The first-order valence-electron chi connectivity index (χ1n) is 10.9. The molecule has 0 saturated carbocycles. The van der Waals surface area contributed by atoms with Gasteiger partial charge in [-0.3, -0.25) is 9.59 Å². The number of rotatable bonds is 6. The van der Waals surface area contributed by atoms with E-state index >= 15 is 0 Å². The number of nitrogens with zero attached hydrogens (tertiary/aromatic N) is 1. The summed E-state index contributed by atoms with van der Waals surface area (Å²) in [6.07, 6.45) is 3.31. The first kappa shape index (κ1) is 21.2. The van der Waals surface area contributed by atoms with Gasteiger partial charge in [-0.25, -0.2) is 4.79 Å². The van der Waals surface area contributed by atoms with Gasteiger partial charge in [-0.2, -0.15) is 0 Å². The highest BCUT2D eigenvalue weighted by Crippen LogP contribution is 2.52. The van der Waals surface area contributed by atoms with Crippen LogP contribution in [0, 0.1) is 11.8 Å². The van der Waals surface area contributed by atoms with Crippen molar-refractivity contribution in [1.82, 2.24) is 0 Å². The van der Waals surface area contributed by atoms with Gasteiger partial charge >= 0.3 is 5.97 Å². The molecular weight excluding hydrogens is 424 g/mol. The van der Waals surface area contributed by atoms with E-state index in [9.17, 15) is 14.4 Å². The molecule has 1 spiro atoms. The van der Waals surface area contributed by atoms with Crippen LogP contribution < -0.4 is 15.0 Å². The molecule has 8 nitrogen and oxygen atoms in total. The number of fused-ring (bicyclic) bond motifs is 1. The topological polar surface area (TPSA) is 94.2 Å². The average molecular weight is 448 g/mol. The van der Waals surface area contributed by atoms with Crippen molar-refractivity contribution in [3.8, 4) is 5.75 Å². The van der Waals surface area contributed by atoms with E-state index in [1.54, 1.807) is 55.3 Å². The van der Waals surface area contributed by atoms with Gasteiger partial charge in [-0.15, -0.1) is 0 Å². The van der Waals surface area contributed by atoms with E-state index in [4.69, 9.17) is 14.2 Å².